The van der Waals surface area contributed by atoms with Crippen molar-refractivity contribution >= 4 is 63.7 Å². The molecule has 50 heavy (non-hydrogen) atoms. The second kappa shape index (κ2) is 15.2. The number of rotatable bonds is 10. The first-order valence-corrected chi connectivity index (χ1v) is 16.6. The number of aliphatic hydroxyl groups is 1. The highest BCUT2D eigenvalue weighted by Crippen LogP contribution is 2.44. The van der Waals surface area contributed by atoms with Crippen LogP contribution in [0.1, 0.15) is 47.7 Å². The first-order valence-electron chi connectivity index (χ1n) is 15.5. The summed E-state index contributed by atoms with van der Waals surface area (Å²) in [5.41, 5.74) is 3.37. The standard InChI is InChI=1S/C36H30Cl3N3O8/c1-19(44)47-31-30(49-35(32(31)48-20(2)45)42-17-25(14-15-43)28-33(39)40-18-41-34(28)42)29(24-12-13-26(37)27(38)16-24)50-36(46)23-10-8-22(9-11-23)21-6-4-3-5-7-21/h3-13,16-18,29-32,35,43H,14-15H2,1-2H3/t29-,30-,31-,32-,35-/m1/s1. The molecule has 1 aliphatic heterocycles. The highest BCUT2D eigenvalue weighted by Gasteiger charge is 2.54. The van der Waals surface area contributed by atoms with Crippen LogP contribution in [-0.2, 0) is 35.0 Å². The van der Waals surface area contributed by atoms with Gasteiger partial charge in [-0.1, -0.05) is 83.3 Å². The van der Waals surface area contributed by atoms with Crippen molar-refractivity contribution in [2.75, 3.05) is 6.61 Å². The number of halogens is 3. The van der Waals surface area contributed by atoms with E-state index in [-0.39, 0.29) is 33.8 Å². The van der Waals surface area contributed by atoms with Crippen LogP contribution in [-0.4, -0.2) is 62.5 Å². The lowest BCUT2D eigenvalue weighted by atomic mass is 9.98. The first kappa shape index (κ1) is 35.3. The number of benzene rings is 3. The maximum Gasteiger partial charge on any atom is 0.338 e. The van der Waals surface area contributed by atoms with Gasteiger partial charge in [0.25, 0.3) is 0 Å². The Hall–Kier alpha value is -4.52. The fourth-order valence-corrected chi connectivity index (χ4v) is 6.58. The van der Waals surface area contributed by atoms with E-state index in [1.807, 2.05) is 30.3 Å². The van der Waals surface area contributed by atoms with Gasteiger partial charge in [0.15, 0.2) is 24.5 Å². The number of nitrogens with zero attached hydrogens (tertiary/aromatic N) is 3. The second-order valence-electron chi connectivity index (χ2n) is 11.5. The normalized spacial score (nSPS) is 19.2. The Balaban J connectivity index is 1.44. The zero-order valence-corrected chi connectivity index (χ0v) is 28.9. The Labute approximate surface area is 301 Å². The molecule has 0 saturated carbocycles. The lowest BCUT2D eigenvalue weighted by Gasteiger charge is -2.28. The van der Waals surface area contributed by atoms with Crippen molar-refractivity contribution in [3.05, 3.63) is 117 Å². The summed E-state index contributed by atoms with van der Waals surface area (Å²) in [6.07, 6.45) is -3.17. The molecule has 258 valence electrons. The number of fused-ring (bicyclic) bond motifs is 1. The molecule has 0 radical (unpaired) electrons. The number of hydrogen-bond acceptors (Lipinski definition) is 10. The molecule has 2 aromatic heterocycles. The number of aliphatic hydroxyl groups excluding tert-OH is 1. The number of hydrogen-bond donors (Lipinski definition) is 1. The van der Waals surface area contributed by atoms with E-state index in [4.69, 9.17) is 53.8 Å². The van der Waals surface area contributed by atoms with Crippen LogP contribution in [0.4, 0.5) is 0 Å². The van der Waals surface area contributed by atoms with E-state index < -0.39 is 48.6 Å². The predicted octanol–water partition coefficient (Wildman–Crippen LogP) is 6.95. The summed E-state index contributed by atoms with van der Waals surface area (Å²) in [5.74, 6) is -2.11. The van der Waals surface area contributed by atoms with E-state index in [1.165, 1.54) is 32.3 Å². The summed E-state index contributed by atoms with van der Waals surface area (Å²) in [6, 6.07) is 21.2. The quantitative estimate of drug-likeness (QED) is 0.0910. The van der Waals surface area contributed by atoms with E-state index in [0.29, 0.717) is 22.2 Å². The Morgan fingerprint density at radius 1 is 0.880 bits per heavy atom. The lowest BCUT2D eigenvalue weighted by molar-refractivity contribution is -0.166. The molecule has 0 spiro atoms. The van der Waals surface area contributed by atoms with Gasteiger partial charge in [0.2, 0.25) is 0 Å². The monoisotopic (exact) mass is 737 g/mol. The van der Waals surface area contributed by atoms with Crippen LogP contribution in [0.5, 0.6) is 0 Å². The maximum absolute atomic E-state index is 13.8. The van der Waals surface area contributed by atoms with E-state index >= 15 is 0 Å². The van der Waals surface area contributed by atoms with Gasteiger partial charge in [0.05, 0.1) is 21.0 Å². The molecule has 5 atom stereocenters. The predicted molar refractivity (Wildman–Crippen MR) is 185 cm³/mol. The molecule has 3 aromatic carbocycles. The minimum Gasteiger partial charge on any atom is -0.455 e. The Bertz CT molecular complexity index is 2040. The Kier molecular flexibility index (Phi) is 10.7. The van der Waals surface area contributed by atoms with Gasteiger partial charge in [-0.3, -0.25) is 9.59 Å². The van der Waals surface area contributed by atoms with Gasteiger partial charge in [0.1, 0.15) is 23.2 Å². The summed E-state index contributed by atoms with van der Waals surface area (Å²) >= 11 is 19.1. The molecule has 0 aliphatic carbocycles. The average Bonchev–Trinajstić information content (AvgIpc) is 3.63. The highest BCUT2D eigenvalue weighted by molar-refractivity contribution is 6.42. The van der Waals surface area contributed by atoms with E-state index in [2.05, 4.69) is 9.97 Å². The summed E-state index contributed by atoms with van der Waals surface area (Å²) in [6.45, 7) is 2.19. The number of aromatic nitrogens is 3. The van der Waals surface area contributed by atoms with Gasteiger partial charge in [-0.2, -0.15) is 0 Å². The molecule has 0 bridgehead atoms. The summed E-state index contributed by atoms with van der Waals surface area (Å²) < 4.78 is 25.9. The molecule has 14 heteroatoms. The molecule has 1 saturated heterocycles. The van der Waals surface area contributed by atoms with Crippen molar-refractivity contribution in [2.24, 2.45) is 0 Å². The Morgan fingerprint density at radius 2 is 1.56 bits per heavy atom. The summed E-state index contributed by atoms with van der Waals surface area (Å²) in [7, 11) is 0. The molecule has 11 nitrogen and oxygen atoms in total. The molecule has 3 heterocycles. The third-order valence-corrected chi connectivity index (χ3v) is 9.18. The van der Waals surface area contributed by atoms with Crippen LogP contribution in [0.15, 0.2) is 85.3 Å². The fourth-order valence-electron chi connectivity index (χ4n) is 6.03. The van der Waals surface area contributed by atoms with Gasteiger partial charge in [-0.25, -0.2) is 14.8 Å². The SMILES string of the molecule is CC(=O)O[C@H]1[C@@H](OC(C)=O)[C@H](n2cc(CCO)c3c(Cl)ncnc32)O[C@@H]1[C@H](OC(=O)c1ccc(-c2ccccc2)cc1)c1ccc(Cl)c(Cl)c1. The van der Waals surface area contributed by atoms with E-state index in [9.17, 15) is 19.5 Å². The molecule has 1 fully saturated rings. The molecule has 1 N–H and O–H groups in total. The van der Waals surface area contributed by atoms with Crippen molar-refractivity contribution < 1.29 is 38.4 Å². The summed E-state index contributed by atoms with van der Waals surface area (Å²) in [4.78, 5) is 47.4. The first-order chi connectivity index (χ1) is 24.0. The van der Waals surface area contributed by atoms with Gasteiger partial charge in [0, 0.05) is 26.7 Å². The van der Waals surface area contributed by atoms with Gasteiger partial charge >= 0.3 is 17.9 Å². The van der Waals surface area contributed by atoms with E-state index in [1.54, 1.807) is 41.1 Å². The number of carbonyl (C=O) groups is 3. The molecule has 1 aliphatic rings. The smallest absolute Gasteiger partial charge is 0.338 e. The van der Waals surface area contributed by atoms with Crippen LogP contribution >= 0.6 is 34.8 Å². The largest absolute Gasteiger partial charge is 0.455 e. The molecule has 5 aromatic rings. The van der Waals surface area contributed by atoms with Gasteiger partial charge in [-0.15, -0.1) is 0 Å². The number of carbonyl (C=O) groups excluding carboxylic acids is 3. The third-order valence-electron chi connectivity index (χ3n) is 8.16. The molecular weight excluding hydrogens is 709 g/mol. The number of esters is 3. The van der Waals surface area contributed by atoms with Crippen molar-refractivity contribution in [2.45, 2.75) is 50.9 Å². The minimum absolute atomic E-state index is 0.133. The zero-order valence-electron chi connectivity index (χ0n) is 26.7. The van der Waals surface area contributed by atoms with Gasteiger partial charge in [-0.05, 0) is 52.9 Å². The van der Waals surface area contributed by atoms with Crippen molar-refractivity contribution in [1.82, 2.24) is 14.5 Å². The van der Waals surface area contributed by atoms with Crippen LogP contribution in [0, 0.1) is 0 Å². The molecule has 0 unspecified atom stereocenters. The van der Waals surface area contributed by atoms with Crippen LogP contribution in [0.2, 0.25) is 15.2 Å². The molecule has 6 rings (SSSR count). The van der Waals surface area contributed by atoms with Crippen molar-refractivity contribution in [3.63, 3.8) is 0 Å². The maximum atomic E-state index is 13.8. The lowest BCUT2D eigenvalue weighted by Crippen LogP contribution is -2.41. The number of ether oxygens (including phenoxy) is 4. The molecular formula is C36H30Cl3N3O8. The van der Waals surface area contributed by atoms with Crippen molar-refractivity contribution in [3.8, 4) is 11.1 Å². The highest BCUT2D eigenvalue weighted by atomic mass is 35.5. The van der Waals surface area contributed by atoms with Crippen LogP contribution in [0.25, 0.3) is 22.2 Å². The Morgan fingerprint density at radius 3 is 2.22 bits per heavy atom. The minimum atomic E-state index is -1.30. The van der Waals surface area contributed by atoms with Gasteiger partial charge < -0.3 is 28.6 Å². The zero-order chi connectivity index (χ0) is 35.5. The average molecular weight is 739 g/mol. The van der Waals surface area contributed by atoms with Crippen LogP contribution in [0.3, 0.4) is 0 Å². The topological polar surface area (TPSA) is 139 Å². The fraction of sp³-hybridized carbons (Fsp3) is 0.250. The van der Waals surface area contributed by atoms with Crippen molar-refractivity contribution in [1.29, 1.82) is 0 Å². The summed E-state index contributed by atoms with van der Waals surface area (Å²) in [5, 5.41) is 10.8. The van der Waals surface area contributed by atoms with Crippen LogP contribution < -0.4 is 0 Å². The third kappa shape index (κ3) is 7.33. The van der Waals surface area contributed by atoms with E-state index in [0.717, 1.165) is 11.1 Å². The second-order valence-corrected chi connectivity index (χ2v) is 12.7. The molecule has 0 amide bonds.